The number of hydrogen-bond donors (Lipinski definition) is 0. The minimum atomic E-state index is 0.661. The van der Waals surface area contributed by atoms with Crippen LogP contribution in [0.1, 0.15) is 17.5 Å². The zero-order chi connectivity index (χ0) is 12.5. The van der Waals surface area contributed by atoms with Crippen LogP contribution in [0.2, 0.25) is 0 Å². The van der Waals surface area contributed by atoms with Crippen molar-refractivity contribution in [2.24, 2.45) is 0 Å². The molecule has 0 fully saturated rings. The van der Waals surface area contributed by atoms with Gasteiger partial charge in [-0.3, -0.25) is 0 Å². The van der Waals surface area contributed by atoms with E-state index < -0.39 is 0 Å². The van der Waals surface area contributed by atoms with E-state index in [4.69, 9.17) is 4.74 Å². The van der Waals surface area contributed by atoms with Gasteiger partial charge in [-0.05, 0) is 17.7 Å². The zero-order valence-corrected chi connectivity index (χ0v) is 10.3. The molecule has 0 unspecified atom stereocenters. The minimum Gasteiger partial charge on any atom is -0.376 e. The van der Waals surface area contributed by atoms with Crippen LogP contribution >= 0.6 is 0 Å². The SMILES string of the molecule is C(#Cc1ccccc1)CCOCc1ccccc1. The minimum absolute atomic E-state index is 0.661. The van der Waals surface area contributed by atoms with Gasteiger partial charge in [-0.1, -0.05) is 60.4 Å². The topological polar surface area (TPSA) is 9.23 Å². The first-order valence-electron chi connectivity index (χ1n) is 6.11. The van der Waals surface area contributed by atoms with Gasteiger partial charge in [-0.25, -0.2) is 0 Å². The predicted molar refractivity (Wildman–Crippen MR) is 74.0 cm³/mol. The normalized spacial score (nSPS) is 9.56. The van der Waals surface area contributed by atoms with Gasteiger partial charge in [0, 0.05) is 12.0 Å². The second kappa shape index (κ2) is 7.32. The molecule has 0 bridgehead atoms. The van der Waals surface area contributed by atoms with E-state index in [1.165, 1.54) is 5.56 Å². The molecule has 2 rings (SSSR count). The first-order valence-corrected chi connectivity index (χ1v) is 6.11. The van der Waals surface area contributed by atoms with Crippen molar-refractivity contribution in [2.75, 3.05) is 6.61 Å². The summed E-state index contributed by atoms with van der Waals surface area (Å²) in [5, 5.41) is 0. The maximum Gasteiger partial charge on any atom is 0.0717 e. The Kier molecular flexibility index (Phi) is 5.05. The zero-order valence-electron chi connectivity index (χ0n) is 10.3. The Balaban J connectivity index is 1.67. The maximum atomic E-state index is 5.56. The highest BCUT2D eigenvalue weighted by Crippen LogP contribution is 2.00. The molecule has 1 heteroatoms. The Hall–Kier alpha value is -2.04. The molecule has 1 nitrogen and oxygen atoms in total. The molecule has 0 aliphatic rings. The molecule has 0 heterocycles. The fraction of sp³-hybridized carbons (Fsp3) is 0.176. The molecule has 0 saturated carbocycles. The number of hydrogen-bond acceptors (Lipinski definition) is 1. The van der Waals surface area contributed by atoms with E-state index in [2.05, 4.69) is 24.0 Å². The molecule has 0 spiro atoms. The van der Waals surface area contributed by atoms with Gasteiger partial charge < -0.3 is 4.74 Å². The van der Waals surface area contributed by atoms with Gasteiger partial charge in [0.25, 0.3) is 0 Å². The van der Waals surface area contributed by atoms with Gasteiger partial charge in [0.15, 0.2) is 0 Å². The summed E-state index contributed by atoms with van der Waals surface area (Å²) in [6.45, 7) is 1.34. The number of rotatable bonds is 4. The van der Waals surface area contributed by atoms with E-state index in [1.807, 2.05) is 48.5 Å². The summed E-state index contributed by atoms with van der Waals surface area (Å²) in [5.41, 5.74) is 2.26. The highest BCUT2D eigenvalue weighted by atomic mass is 16.5. The first-order chi connectivity index (χ1) is 8.95. The Morgan fingerprint density at radius 2 is 1.50 bits per heavy atom. The highest BCUT2D eigenvalue weighted by molar-refractivity contribution is 5.33. The summed E-state index contributed by atoms with van der Waals surface area (Å²) < 4.78 is 5.56. The van der Waals surface area contributed by atoms with Crippen molar-refractivity contribution in [2.45, 2.75) is 13.0 Å². The van der Waals surface area contributed by atoms with Crippen LogP contribution in [0.5, 0.6) is 0 Å². The molecule has 2 aromatic rings. The van der Waals surface area contributed by atoms with E-state index in [1.54, 1.807) is 0 Å². The fourth-order valence-corrected chi connectivity index (χ4v) is 1.57. The lowest BCUT2D eigenvalue weighted by molar-refractivity contribution is 0.126. The highest BCUT2D eigenvalue weighted by Gasteiger charge is 1.90. The molecule has 0 aliphatic heterocycles. The second-order valence-electron chi connectivity index (χ2n) is 3.96. The molecule has 0 aliphatic carbocycles. The molecule has 0 saturated heterocycles. The van der Waals surface area contributed by atoms with Crippen LogP contribution in [0.15, 0.2) is 60.7 Å². The van der Waals surface area contributed by atoms with Gasteiger partial charge >= 0.3 is 0 Å². The summed E-state index contributed by atoms with van der Waals surface area (Å²) in [7, 11) is 0. The smallest absolute Gasteiger partial charge is 0.0717 e. The van der Waals surface area contributed by atoms with E-state index in [0.717, 1.165) is 12.0 Å². The average molecular weight is 236 g/mol. The third kappa shape index (κ3) is 4.45. The summed E-state index contributed by atoms with van der Waals surface area (Å²) >= 11 is 0. The van der Waals surface area contributed by atoms with Crippen molar-refractivity contribution < 1.29 is 4.74 Å². The van der Waals surface area contributed by atoms with Crippen molar-refractivity contribution in [1.82, 2.24) is 0 Å². The Labute approximate surface area is 108 Å². The number of benzene rings is 2. The van der Waals surface area contributed by atoms with Crippen LogP contribution in [-0.4, -0.2) is 6.61 Å². The average Bonchev–Trinajstić information content (AvgIpc) is 2.45. The fourth-order valence-electron chi connectivity index (χ4n) is 1.57. The van der Waals surface area contributed by atoms with Gasteiger partial charge in [0.2, 0.25) is 0 Å². The third-order valence-corrected chi connectivity index (χ3v) is 2.49. The molecule has 0 amide bonds. The maximum absolute atomic E-state index is 5.56. The summed E-state index contributed by atoms with van der Waals surface area (Å²) in [6, 6.07) is 20.2. The van der Waals surface area contributed by atoms with Crippen molar-refractivity contribution in [1.29, 1.82) is 0 Å². The Bertz CT molecular complexity index is 506. The van der Waals surface area contributed by atoms with Gasteiger partial charge in [-0.15, -0.1) is 0 Å². The molecule has 2 aromatic carbocycles. The van der Waals surface area contributed by atoms with Crippen molar-refractivity contribution in [3.63, 3.8) is 0 Å². The predicted octanol–water partition coefficient (Wildman–Crippen LogP) is 3.65. The first kappa shape index (κ1) is 12.4. The van der Waals surface area contributed by atoms with Crippen molar-refractivity contribution >= 4 is 0 Å². The second-order valence-corrected chi connectivity index (χ2v) is 3.96. The molecular weight excluding hydrogens is 220 g/mol. The van der Waals surface area contributed by atoms with Crippen LogP contribution in [0.4, 0.5) is 0 Å². The van der Waals surface area contributed by atoms with E-state index >= 15 is 0 Å². The molecule has 0 atom stereocenters. The van der Waals surface area contributed by atoms with E-state index in [-0.39, 0.29) is 0 Å². The van der Waals surface area contributed by atoms with Crippen LogP contribution in [0.3, 0.4) is 0 Å². The van der Waals surface area contributed by atoms with Crippen LogP contribution in [0, 0.1) is 11.8 Å². The molecular formula is C17H16O. The third-order valence-electron chi connectivity index (χ3n) is 2.49. The monoisotopic (exact) mass is 236 g/mol. The largest absolute Gasteiger partial charge is 0.376 e. The standard InChI is InChI=1S/C17H16O/c1-3-9-16(10-4-1)11-7-8-14-18-15-17-12-5-2-6-13-17/h1-6,9-10,12-13H,8,14-15H2. The van der Waals surface area contributed by atoms with Gasteiger partial charge in [0.05, 0.1) is 13.2 Å². The Morgan fingerprint density at radius 3 is 2.22 bits per heavy atom. The van der Waals surface area contributed by atoms with E-state index in [0.29, 0.717) is 13.2 Å². The Morgan fingerprint density at radius 1 is 0.833 bits per heavy atom. The lowest BCUT2D eigenvalue weighted by Gasteiger charge is -2.01. The quantitative estimate of drug-likeness (QED) is 0.581. The lowest BCUT2D eigenvalue weighted by atomic mass is 10.2. The van der Waals surface area contributed by atoms with E-state index in [9.17, 15) is 0 Å². The summed E-state index contributed by atoms with van der Waals surface area (Å²) in [4.78, 5) is 0. The number of ether oxygens (including phenoxy) is 1. The molecule has 90 valence electrons. The molecule has 18 heavy (non-hydrogen) atoms. The van der Waals surface area contributed by atoms with Crippen LogP contribution in [-0.2, 0) is 11.3 Å². The lowest BCUT2D eigenvalue weighted by Crippen LogP contribution is -1.93. The van der Waals surface area contributed by atoms with Crippen LogP contribution < -0.4 is 0 Å². The van der Waals surface area contributed by atoms with Crippen LogP contribution in [0.25, 0.3) is 0 Å². The summed E-state index contributed by atoms with van der Waals surface area (Å²) in [5.74, 6) is 6.23. The molecule has 0 aromatic heterocycles. The van der Waals surface area contributed by atoms with Gasteiger partial charge in [-0.2, -0.15) is 0 Å². The van der Waals surface area contributed by atoms with Crippen molar-refractivity contribution in [3.8, 4) is 11.8 Å². The van der Waals surface area contributed by atoms with Gasteiger partial charge in [0.1, 0.15) is 0 Å². The molecule has 0 radical (unpaired) electrons. The van der Waals surface area contributed by atoms with Crippen molar-refractivity contribution in [3.05, 3.63) is 71.8 Å². The molecule has 0 N–H and O–H groups in total. The summed E-state index contributed by atoms with van der Waals surface area (Å²) in [6.07, 6.45) is 0.766.